The van der Waals surface area contributed by atoms with Crippen LogP contribution in [0, 0.1) is 11.8 Å². The Morgan fingerprint density at radius 3 is 2.64 bits per heavy atom. The quantitative estimate of drug-likeness (QED) is 0.685. The molecule has 1 saturated heterocycles. The van der Waals surface area contributed by atoms with Gasteiger partial charge in [-0.3, -0.25) is 14.6 Å². The molecule has 0 bridgehead atoms. The Kier molecular flexibility index (Phi) is 5.61. The Morgan fingerprint density at radius 1 is 1.36 bits per heavy atom. The van der Waals surface area contributed by atoms with Crippen molar-refractivity contribution < 1.29 is 18.0 Å². The van der Waals surface area contributed by atoms with Crippen molar-refractivity contribution >= 4 is 16.8 Å². The van der Waals surface area contributed by atoms with E-state index in [2.05, 4.69) is 4.90 Å². The first-order chi connectivity index (χ1) is 11.8. The van der Waals surface area contributed by atoms with E-state index in [-0.39, 0.29) is 36.2 Å². The van der Waals surface area contributed by atoms with Gasteiger partial charge in [-0.15, -0.1) is 0 Å². The van der Waals surface area contributed by atoms with Crippen molar-refractivity contribution in [1.29, 1.82) is 0 Å². The van der Waals surface area contributed by atoms with Gasteiger partial charge in [0.1, 0.15) is 0 Å². The maximum atomic E-state index is 13.1. The van der Waals surface area contributed by atoms with E-state index >= 15 is 0 Å². The number of nitrogens with zero attached hydrogens (tertiary/aromatic N) is 2. The average molecular weight is 377 g/mol. The van der Waals surface area contributed by atoms with Crippen molar-refractivity contribution in [3.8, 4) is 0 Å². The molecule has 25 heavy (non-hydrogen) atoms. The van der Waals surface area contributed by atoms with E-state index in [4.69, 9.17) is 11.6 Å². The van der Waals surface area contributed by atoms with Crippen LogP contribution in [0.2, 0.25) is 0 Å². The first kappa shape index (κ1) is 18.9. The van der Waals surface area contributed by atoms with Crippen LogP contribution in [0.25, 0.3) is 0 Å². The van der Waals surface area contributed by atoms with Gasteiger partial charge in [-0.1, -0.05) is 18.2 Å². The van der Waals surface area contributed by atoms with Gasteiger partial charge < -0.3 is 0 Å². The molecule has 140 valence electrons. The Morgan fingerprint density at radius 2 is 2.08 bits per heavy atom. The molecular formula is C18H24ClF3N2O. The third kappa shape index (κ3) is 4.66. The first-order valence-electron chi connectivity index (χ1n) is 8.86. The Bertz CT molecular complexity index is 571. The number of carbonyl (C=O) groups is 1. The van der Waals surface area contributed by atoms with E-state index in [0.717, 1.165) is 32.5 Å². The monoisotopic (exact) mass is 376 g/mol. The standard InChI is InChI=1S/C18H24ClF3N2O/c1-12-10-24(8-7-23(12)11-16(19)25)17(13-5-6-13)14-3-2-4-15(9-14)18(20,21)22/h2-4,12-14,17H,5-11H2,1H3/t12-,14?,17-/m1/s1. The number of hydrogen-bond acceptors (Lipinski definition) is 3. The Balaban J connectivity index is 1.68. The summed E-state index contributed by atoms with van der Waals surface area (Å²) in [6.45, 7) is 4.54. The summed E-state index contributed by atoms with van der Waals surface area (Å²) in [5, 5.41) is -0.366. The second-order valence-corrected chi connectivity index (χ2v) is 7.86. The van der Waals surface area contributed by atoms with Gasteiger partial charge in [0.2, 0.25) is 5.24 Å². The van der Waals surface area contributed by atoms with E-state index in [1.165, 1.54) is 6.08 Å². The van der Waals surface area contributed by atoms with Crippen molar-refractivity contribution in [2.75, 3.05) is 26.2 Å². The minimum Gasteiger partial charge on any atom is -0.297 e. The van der Waals surface area contributed by atoms with Crippen LogP contribution in [-0.4, -0.2) is 59.5 Å². The van der Waals surface area contributed by atoms with E-state index in [1.54, 1.807) is 6.08 Å². The van der Waals surface area contributed by atoms with Crippen LogP contribution in [0.1, 0.15) is 26.2 Å². The molecule has 1 heterocycles. The van der Waals surface area contributed by atoms with E-state index in [0.29, 0.717) is 5.92 Å². The molecule has 3 aliphatic rings. The second kappa shape index (κ2) is 7.41. The summed E-state index contributed by atoms with van der Waals surface area (Å²) in [6, 6.07) is 0.321. The number of allylic oxidation sites excluding steroid dienone is 3. The molecule has 0 aromatic rings. The Labute approximate surface area is 151 Å². The summed E-state index contributed by atoms with van der Waals surface area (Å²) in [6.07, 6.45) is 2.71. The number of rotatable bonds is 5. The van der Waals surface area contributed by atoms with Gasteiger partial charge >= 0.3 is 6.18 Å². The molecule has 0 spiro atoms. The highest BCUT2D eigenvalue weighted by Gasteiger charge is 2.44. The summed E-state index contributed by atoms with van der Waals surface area (Å²) < 4.78 is 39.3. The molecule has 1 saturated carbocycles. The largest absolute Gasteiger partial charge is 0.412 e. The zero-order valence-corrected chi connectivity index (χ0v) is 15.1. The molecule has 7 heteroatoms. The first-order valence-corrected chi connectivity index (χ1v) is 9.24. The summed E-state index contributed by atoms with van der Waals surface area (Å²) in [7, 11) is 0. The maximum Gasteiger partial charge on any atom is 0.412 e. The highest BCUT2D eigenvalue weighted by Crippen LogP contribution is 2.44. The molecule has 3 nitrogen and oxygen atoms in total. The molecule has 0 amide bonds. The van der Waals surface area contributed by atoms with E-state index < -0.39 is 11.7 Å². The number of piperazine rings is 1. The highest BCUT2D eigenvalue weighted by atomic mass is 35.5. The molecule has 1 aliphatic heterocycles. The lowest BCUT2D eigenvalue weighted by atomic mass is 9.84. The van der Waals surface area contributed by atoms with Gasteiger partial charge in [-0.25, -0.2) is 0 Å². The van der Waals surface area contributed by atoms with Gasteiger partial charge in [0, 0.05) is 37.3 Å². The molecule has 0 radical (unpaired) electrons. The predicted molar refractivity (Wildman–Crippen MR) is 91.4 cm³/mol. The summed E-state index contributed by atoms with van der Waals surface area (Å²) >= 11 is 5.50. The fourth-order valence-electron chi connectivity index (χ4n) is 4.19. The van der Waals surface area contributed by atoms with Gasteiger partial charge in [0.05, 0.1) is 6.54 Å². The van der Waals surface area contributed by atoms with Crippen molar-refractivity contribution in [1.82, 2.24) is 9.80 Å². The third-order valence-corrected chi connectivity index (χ3v) is 5.68. The van der Waals surface area contributed by atoms with Crippen molar-refractivity contribution in [2.24, 2.45) is 11.8 Å². The van der Waals surface area contributed by atoms with Crippen molar-refractivity contribution in [3.63, 3.8) is 0 Å². The van der Waals surface area contributed by atoms with Crippen molar-refractivity contribution in [3.05, 3.63) is 23.8 Å². The minimum atomic E-state index is -4.25. The lowest BCUT2D eigenvalue weighted by Gasteiger charge is -2.45. The molecule has 3 rings (SSSR count). The fraction of sp³-hybridized carbons (Fsp3) is 0.722. The van der Waals surface area contributed by atoms with Gasteiger partial charge in [-0.2, -0.15) is 13.2 Å². The van der Waals surface area contributed by atoms with E-state index in [1.807, 2.05) is 17.9 Å². The van der Waals surface area contributed by atoms with Crippen LogP contribution in [0.3, 0.4) is 0 Å². The molecule has 1 unspecified atom stereocenters. The van der Waals surface area contributed by atoms with E-state index in [9.17, 15) is 18.0 Å². The number of carbonyl (C=O) groups excluding carboxylic acids is 1. The van der Waals surface area contributed by atoms with Crippen LogP contribution in [0.4, 0.5) is 13.2 Å². The second-order valence-electron chi connectivity index (χ2n) is 7.44. The molecule has 2 aliphatic carbocycles. The highest BCUT2D eigenvalue weighted by molar-refractivity contribution is 6.64. The maximum absolute atomic E-state index is 13.1. The molecular weight excluding hydrogens is 353 g/mol. The van der Waals surface area contributed by atoms with Crippen LogP contribution in [-0.2, 0) is 4.79 Å². The fourth-order valence-corrected chi connectivity index (χ4v) is 4.35. The zero-order chi connectivity index (χ0) is 18.2. The molecule has 0 aromatic heterocycles. The number of hydrogen-bond donors (Lipinski definition) is 0. The predicted octanol–water partition coefficient (Wildman–Crippen LogP) is 3.60. The molecule has 2 fully saturated rings. The van der Waals surface area contributed by atoms with Gasteiger partial charge in [0.15, 0.2) is 0 Å². The number of halogens is 4. The van der Waals surface area contributed by atoms with Crippen molar-refractivity contribution in [2.45, 2.75) is 44.4 Å². The normalized spacial score (nSPS) is 30.2. The summed E-state index contributed by atoms with van der Waals surface area (Å²) in [5.41, 5.74) is -0.426. The third-order valence-electron chi connectivity index (χ3n) is 5.56. The SMILES string of the molecule is C[C@@H]1CN([C@@H](C2C=CC=C(C(F)(F)F)C2)C2CC2)CCN1CC(=O)Cl. The smallest absolute Gasteiger partial charge is 0.297 e. The van der Waals surface area contributed by atoms with Gasteiger partial charge in [0.25, 0.3) is 0 Å². The van der Waals surface area contributed by atoms with Crippen LogP contribution < -0.4 is 0 Å². The molecule has 0 N–H and O–H groups in total. The zero-order valence-electron chi connectivity index (χ0n) is 14.3. The Hall–Kier alpha value is -0.850. The minimum absolute atomic E-state index is 0.0654. The van der Waals surface area contributed by atoms with Gasteiger partial charge in [-0.05, 0) is 49.6 Å². The lowest BCUT2D eigenvalue weighted by Crippen LogP contribution is -2.57. The summed E-state index contributed by atoms with van der Waals surface area (Å²) in [4.78, 5) is 15.5. The molecule has 3 atom stereocenters. The molecule has 0 aromatic carbocycles. The average Bonchev–Trinajstić information content (AvgIpc) is 3.34. The topological polar surface area (TPSA) is 23.6 Å². The van der Waals surface area contributed by atoms with Crippen LogP contribution >= 0.6 is 11.6 Å². The number of alkyl halides is 3. The summed E-state index contributed by atoms with van der Waals surface area (Å²) in [5.74, 6) is 0.387. The lowest BCUT2D eigenvalue weighted by molar-refractivity contribution is -0.114. The van der Waals surface area contributed by atoms with Crippen LogP contribution in [0.5, 0.6) is 0 Å². The van der Waals surface area contributed by atoms with Crippen LogP contribution in [0.15, 0.2) is 23.8 Å².